The fraction of sp³-hybridized carbons (Fsp3) is 0.200. The Morgan fingerprint density at radius 1 is 1.07 bits per heavy atom. The van der Waals surface area contributed by atoms with E-state index < -0.39 is 0 Å². The largest absolute Gasteiger partial charge is 0.486 e. The number of aromatic nitrogens is 2. The van der Waals surface area contributed by atoms with Crippen molar-refractivity contribution in [1.82, 2.24) is 9.78 Å². The Morgan fingerprint density at radius 3 is 2.68 bits per heavy atom. The molecule has 144 valence electrons. The third-order valence-corrected chi connectivity index (χ3v) is 4.78. The van der Waals surface area contributed by atoms with E-state index in [2.05, 4.69) is 10.4 Å². The van der Waals surface area contributed by atoms with Crippen molar-refractivity contribution in [3.63, 3.8) is 0 Å². The molecule has 0 bridgehead atoms. The molecule has 28 heavy (non-hydrogen) atoms. The molecule has 0 spiro atoms. The van der Waals surface area contributed by atoms with Crippen molar-refractivity contribution in [2.45, 2.75) is 13.0 Å². The third-order valence-electron chi connectivity index (χ3n) is 4.25. The summed E-state index contributed by atoms with van der Waals surface area (Å²) in [5.41, 5.74) is 1.78. The highest BCUT2D eigenvalue weighted by molar-refractivity contribution is 6.32. The molecule has 0 fully saturated rings. The number of anilines is 1. The van der Waals surface area contributed by atoms with Gasteiger partial charge in [0.15, 0.2) is 11.5 Å². The number of hydrogen-bond acceptors (Lipinski definition) is 4. The summed E-state index contributed by atoms with van der Waals surface area (Å²) in [6, 6.07) is 12.8. The van der Waals surface area contributed by atoms with Crippen molar-refractivity contribution in [1.29, 1.82) is 0 Å². The lowest BCUT2D eigenvalue weighted by Gasteiger charge is -2.20. The van der Waals surface area contributed by atoms with Crippen LogP contribution in [-0.4, -0.2) is 28.9 Å². The van der Waals surface area contributed by atoms with E-state index in [4.69, 9.17) is 32.7 Å². The molecule has 1 aromatic heterocycles. The monoisotopic (exact) mass is 417 g/mol. The maximum atomic E-state index is 12.5. The Hall–Kier alpha value is -2.70. The van der Waals surface area contributed by atoms with Crippen LogP contribution in [0.4, 0.5) is 5.82 Å². The zero-order chi connectivity index (χ0) is 19.5. The molecule has 0 radical (unpaired) electrons. The van der Waals surface area contributed by atoms with Crippen molar-refractivity contribution in [2.75, 3.05) is 18.5 Å². The lowest BCUT2D eigenvalue weighted by Crippen LogP contribution is -2.19. The molecule has 1 N–H and O–H groups in total. The second kappa shape index (κ2) is 8.12. The van der Waals surface area contributed by atoms with E-state index in [9.17, 15) is 4.79 Å². The molecule has 0 saturated carbocycles. The van der Waals surface area contributed by atoms with Crippen molar-refractivity contribution < 1.29 is 14.3 Å². The molecular formula is C20H17Cl2N3O3. The van der Waals surface area contributed by atoms with E-state index in [0.717, 1.165) is 11.1 Å². The first-order valence-electron chi connectivity index (χ1n) is 8.72. The average molecular weight is 418 g/mol. The first kappa shape index (κ1) is 18.7. The number of ether oxygens (including phenoxy) is 2. The maximum Gasteiger partial charge on any atom is 0.229 e. The number of fused-ring (bicyclic) bond motifs is 1. The van der Waals surface area contributed by atoms with Gasteiger partial charge in [-0.1, -0.05) is 35.3 Å². The second-order valence-corrected chi connectivity index (χ2v) is 7.17. The number of halogens is 2. The first-order valence-corrected chi connectivity index (χ1v) is 9.48. The van der Waals surface area contributed by atoms with Gasteiger partial charge < -0.3 is 14.8 Å². The fourth-order valence-electron chi connectivity index (χ4n) is 2.97. The summed E-state index contributed by atoms with van der Waals surface area (Å²) in [7, 11) is 0. The number of hydrogen-bond donors (Lipinski definition) is 1. The quantitative estimate of drug-likeness (QED) is 0.675. The predicted octanol–water partition coefficient (Wildman–Crippen LogP) is 4.19. The van der Waals surface area contributed by atoms with Gasteiger partial charge in [-0.2, -0.15) is 5.10 Å². The zero-order valence-electron chi connectivity index (χ0n) is 14.8. The molecule has 1 aliphatic heterocycles. The Kier molecular flexibility index (Phi) is 5.41. The van der Waals surface area contributed by atoms with Gasteiger partial charge in [0, 0.05) is 11.1 Å². The van der Waals surface area contributed by atoms with Crippen molar-refractivity contribution in [2.24, 2.45) is 0 Å². The summed E-state index contributed by atoms with van der Waals surface area (Å²) in [4.78, 5) is 12.5. The molecular weight excluding hydrogens is 401 g/mol. The van der Waals surface area contributed by atoms with Crippen LogP contribution in [0.5, 0.6) is 11.5 Å². The Morgan fingerprint density at radius 2 is 1.86 bits per heavy atom. The van der Waals surface area contributed by atoms with Crippen molar-refractivity contribution >= 4 is 34.9 Å². The topological polar surface area (TPSA) is 65.4 Å². The normalized spacial score (nSPS) is 12.6. The number of nitrogens with zero attached hydrogens (tertiary/aromatic N) is 2. The van der Waals surface area contributed by atoms with Gasteiger partial charge in [0.2, 0.25) is 5.91 Å². The van der Waals surface area contributed by atoms with Crippen LogP contribution >= 0.6 is 23.2 Å². The van der Waals surface area contributed by atoms with E-state index in [0.29, 0.717) is 47.1 Å². The Balaban J connectivity index is 1.44. The van der Waals surface area contributed by atoms with Crippen molar-refractivity contribution in [3.8, 4) is 11.5 Å². The van der Waals surface area contributed by atoms with Gasteiger partial charge in [0.1, 0.15) is 19.0 Å². The average Bonchev–Trinajstić information content (AvgIpc) is 3.10. The van der Waals surface area contributed by atoms with E-state index >= 15 is 0 Å². The van der Waals surface area contributed by atoms with Gasteiger partial charge in [0.05, 0.1) is 24.2 Å². The molecule has 2 aromatic carbocycles. The first-order chi connectivity index (χ1) is 13.6. The van der Waals surface area contributed by atoms with Gasteiger partial charge in [-0.15, -0.1) is 0 Å². The minimum Gasteiger partial charge on any atom is -0.486 e. The fourth-order valence-corrected chi connectivity index (χ4v) is 3.38. The number of amides is 1. The van der Waals surface area contributed by atoms with Crippen LogP contribution in [0.15, 0.2) is 48.7 Å². The van der Waals surface area contributed by atoms with Crippen LogP contribution in [0.2, 0.25) is 10.0 Å². The van der Waals surface area contributed by atoms with Crippen molar-refractivity contribution in [3.05, 3.63) is 69.8 Å². The second-order valence-electron chi connectivity index (χ2n) is 6.33. The summed E-state index contributed by atoms with van der Waals surface area (Å²) < 4.78 is 12.8. The molecule has 0 saturated heterocycles. The Labute approximate surface area is 172 Å². The summed E-state index contributed by atoms with van der Waals surface area (Å²) >= 11 is 12.2. The number of carbonyl (C=O) groups is 1. The number of nitrogens with one attached hydrogen (secondary N) is 1. The van der Waals surface area contributed by atoms with Crippen LogP contribution in [-0.2, 0) is 17.8 Å². The van der Waals surface area contributed by atoms with Gasteiger partial charge in [0.25, 0.3) is 0 Å². The molecule has 0 unspecified atom stereocenters. The summed E-state index contributed by atoms with van der Waals surface area (Å²) in [5.74, 6) is 1.53. The summed E-state index contributed by atoms with van der Waals surface area (Å²) in [6.07, 6.45) is 1.80. The predicted molar refractivity (Wildman–Crippen MR) is 108 cm³/mol. The summed E-state index contributed by atoms with van der Waals surface area (Å²) in [5, 5.41) is 8.28. The van der Waals surface area contributed by atoms with Crippen LogP contribution in [0, 0.1) is 0 Å². The van der Waals surface area contributed by atoms with Gasteiger partial charge in [-0.05, 0) is 35.4 Å². The smallest absolute Gasteiger partial charge is 0.229 e. The van der Waals surface area contributed by atoms with Gasteiger partial charge in [-0.3, -0.25) is 4.79 Å². The van der Waals surface area contributed by atoms with E-state index in [1.807, 2.05) is 24.3 Å². The lowest BCUT2D eigenvalue weighted by molar-refractivity contribution is -0.115. The molecule has 1 aliphatic rings. The van der Waals surface area contributed by atoms with Crippen LogP contribution in [0.1, 0.15) is 11.1 Å². The van der Waals surface area contributed by atoms with Gasteiger partial charge >= 0.3 is 0 Å². The highest BCUT2D eigenvalue weighted by Gasteiger charge is 2.18. The maximum absolute atomic E-state index is 12.5. The number of carbonyl (C=O) groups excluding carboxylic acids is 1. The van der Waals surface area contributed by atoms with Crippen LogP contribution in [0.25, 0.3) is 0 Å². The van der Waals surface area contributed by atoms with Crippen LogP contribution in [0.3, 0.4) is 0 Å². The molecule has 1 amide bonds. The molecule has 2 heterocycles. The highest BCUT2D eigenvalue weighted by atomic mass is 35.5. The van der Waals surface area contributed by atoms with E-state index in [1.54, 1.807) is 29.1 Å². The summed E-state index contributed by atoms with van der Waals surface area (Å²) in [6.45, 7) is 1.45. The van der Waals surface area contributed by atoms with Crippen LogP contribution < -0.4 is 14.8 Å². The number of rotatable bonds is 5. The van der Waals surface area contributed by atoms with E-state index in [1.165, 1.54) is 0 Å². The molecule has 6 nitrogen and oxygen atoms in total. The minimum absolute atomic E-state index is 0.155. The third kappa shape index (κ3) is 4.24. The molecule has 0 atom stereocenters. The lowest BCUT2D eigenvalue weighted by atomic mass is 10.1. The molecule has 8 heteroatoms. The minimum atomic E-state index is -0.175. The SMILES string of the molecule is O=C(Cc1cc(Cl)c2c(c1)OCCO2)Nc1ccnn1Cc1ccc(Cl)cc1. The van der Waals surface area contributed by atoms with Gasteiger partial charge in [-0.25, -0.2) is 4.68 Å². The molecule has 4 rings (SSSR count). The van der Waals surface area contributed by atoms with E-state index in [-0.39, 0.29) is 12.3 Å². The Bertz CT molecular complexity index is 1000. The molecule has 3 aromatic rings. The highest BCUT2D eigenvalue weighted by Crippen LogP contribution is 2.38. The number of benzene rings is 2. The zero-order valence-corrected chi connectivity index (χ0v) is 16.3. The molecule has 0 aliphatic carbocycles. The standard InChI is InChI=1S/C20H17Cl2N3O3/c21-15-3-1-13(2-4-15)12-25-18(5-6-23-25)24-19(26)11-14-9-16(22)20-17(10-14)27-7-8-28-20/h1-6,9-10H,7-8,11-12H2,(H,24,26).